The third kappa shape index (κ3) is 2.18. The van der Waals surface area contributed by atoms with E-state index < -0.39 is 5.54 Å². The molecule has 0 aromatic carbocycles. The Balaban J connectivity index is 2.53. The second-order valence-electron chi connectivity index (χ2n) is 3.91. The van der Waals surface area contributed by atoms with Gasteiger partial charge in [-0.15, -0.1) is 11.6 Å². The van der Waals surface area contributed by atoms with E-state index in [1.54, 1.807) is 13.8 Å². The van der Waals surface area contributed by atoms with Gasteiger partial charge in [-0.3, -0.25) is 9.69 Å². The van der Waals surface area contributed by atoms with E-state index in [0.29, 0.717) is 12.4 Å². The van der Waals surface area contributed by atoms with E-state index in [0.717, 1.165) is 12.8 Å². The number of imide groups is 1. The lowest BCUT2D eigenvalue weighted by molar-refractivity contribution is -0.130. The molecule has 1 saturated heterocycles. The summed E-state index contributed by atoms with van der Waals surface area (Å²) in [5, 5.41) is 2.62. The first-order valence-corrected chi connectivity index (χ1v) is 5.22. The van der Waals surface area contributed by atoms with E-state index in [-0.39, 0.29) is 11.9 Å². The Morgan fingerprint density at radius 1 is 1.36 bits per heavy atom. The van der Waals surface area contributed by atoms with E-state index in [4.69, 9.17) is 11.6 Å². The molecule has 0 saturated carbocycles. The van der Waals surface area contributed by atoms with Crippen LogP contribution in [0.2, 0.25) is 0 Å². The van der Waals surface area contributed by atoms with Crippen LogP contribution >= 0.6 is 11.6 Å². The number of urea groups is 1. The maximum Gasteiger partial charge on any atom is 0.325 e. The zero-order chi connectivity index (χ0) is 10.8. The molecule has 1 N–H and O–H groups in total. The van der Waals surface area contributed by atoms with Crippen LogP contribution in [0.25, 0.3) is 0 Å². The highest BCUT2D eigenvalue weighted by Gasteiger charge is 2.43. The molecule has 0 atom stereocenters. The highest BCUT2D eigenvalue weighted by atomic mass is 35.5. The van der Waals surface area contributed by atoms with Crippen LogP contribution in [0.15, 0.2) is 0 Å². The number of nitrogens with one attached hydrogen (secondary N) is 1. The van der Waals surface area contributed by atoms with E-state index in [2.05, 4.69) is 5.32 Å². The molecule has 4 nitrogen and oxygen atoms in total. The molecule has 1 aliphatic heterocycles. The second-order valence-corrected chi connectivity index (χ2v) is 4.29. The predicted molar refractivity (Wildman–Crippen MR) is 54.3 cm³/mol. The molecular formula is C9H15ClN2O2. The number of hydrogen-bond donors (Lipinski definition) is 1. The fourth-order valence-corrected chi connectivity index (χ4v) is 1.57. The minimum atomic E-state index is -0.752. The molecule has 1 rings (SSSR count). The third-order valence-corrected chi connectivity index (χ3v) is 2.48. The van der Waals surface area contributed by atoms with Gasteiger partial charge >= 0.3 is 6.03 Å². The lowest BCUT2D eigenvalue weighted by atomic mass is 10.1. The first-order chi connectivity index (χ1) is 6.49. The topological polar surface area (TPSA) is 49.4 Å². The highest BCUT2D eigenvalue weighted by Crippen LogP contribution is 2.16. The summed E-state index contributed by atoms with van der Waals surface area (Å²) in [7, 11) is 0. The molecule has 3 amide bonds. The van der Waals surface area contributed by atoms with Gasteiger partial charge in [-0.05, 0) is 26.7 Å². The smallest absolute Gasteiger partial charge is 0.324 e. The monoisotopic (exact) mass is 218 g/mol. The summed E-state index contributed by atoms with van der Waals surface area (Å²) in [6.07, 6.45) is 1.58. The number of alkyl halides is 1. The van der Waals surface area contributed by atoms with Crippen LogP contribution in [0.4, 0.5) is 4.79 Å². The average molecular weight is 219 g/mol. The van der Waals surface area contributed by atoms with E-state index in [1.807, 2.05) is 0 Å². The fraction of sp³-hybridized carbons (Fsp3) is 0.778. The lowest BCUT2D eigenvalue weighted by Gasteiger charge is -2.15. The summed E-state index contributed by atoms with van der Waals surface area (Å²) in [4.78, 5) is 24.3. The first kappa shape index (κ1) is 11.3. The zero-order valence-corrected chi connectivity index (χ0v) is 9.23. The van der Waals surface area contributed by atoms with Crippen molar-refractivity contribution in [2.45, 2.75) is 32.2 Å². The molecule has 5 heteroatoms. The normalized spacial score (nSPS) is 20.1. The lowest BCUT2D eigenvalue weighted by Crippen LogP contribution is -2.40. The predicted octanol–water partition coefficient (Wildman–Crippen LogP) is 1.34. The van der Waals surface area contributed by atoms with Gasteiger partial charge in [0.1, 0.15) is 5.54 Å². The Bertz CT molecular complexity index is 253. The van der Waals surface area contributed by atoms with Crippen LogP contribution < -0.4 is 5.32 Å². The number of hydrogen-bond acceptors (Lipinski definition) is 2. The summed E-state index contributed by atoms with van der Waals surface area (Å²) in [5.74, 6) is 0.407. The highest BCUT2D eigenvalue weighted by molar-refractivity contribution is 6.17. The van der Waals surface area contributed by atoms with Gasteiger partial charge in [0.05, 0.1) is 0 Å². The Morgan fingerprint density at radius 3 is 2.43 bits per heavy atom. The molecule has 1 heterocycles. The van der Waals surface area contributed by atoms with E-state index in [9.17, 15) is 9.59 Å². The van der Waals surface area contributed by atoms with Crippen LogP contribution in [-0.4, -0.2) is 34.8 Å². The molecular weight excluding hydrogens is 204 g/mol. The number of carbonyl (C=O) groups excluding carboxylic acids is 2. The number of amides is 3. The van der Waals surface area contributed by atoms with Crippen LogP contribution in [0, 0.1) is 0 Å². The zero-order valence-electron chi connectivity index (χ0n) is 8.47. The summed E-state index contributed by atoms with van der Waals surface area (Å²) in [6, 6.07) is -0.297. The summed E-state index contributed by atoms with van der Waals surface area (Å²) in [6.45, 7) is 3.87. The molecule has 14 heavy (non-hydrogen) atoms. The van der Waals surface area contributed by atoms with Crippen LogP contribution in [-0.2, 0) is 4.79 Å². The van der Waals surface area contributed by atoms with Gasteiger partial charge in [-0.25, -0.2) is 4.79 Å². The quantitative estimate of drug-likeness (QED) is 0.440. The van der Waals surface area contributed by atoms with E-state index >= 15 is 0 Å². The van der Waals surface area contributed by atoms with Crippen molar-refractivity contribution < 1.29 is 9.59 Å². The largest absolute Gasteiger partial charge is 0.325 e. The number of nitrogens with zero attached hydrogens (tertiary/aromatic N) is 1. The van der Waals surface area contributed by atoms with Crippen LogP contribution in [0.1, 0.15) is 26.7 Å². The van der Waals surface area contributed by atoms with Crippen molar-refractivity contribution in [2.75, 3.05) is 12.4 Å². The minimum Gasteiger partial charge on any atom is -0.324 e. The molecule has 0 unspecified atom stereocenters. The van der Waals surface area contributed by atoms with Gasteiger partial charge in [0.15, 0.2) is 0 Å². The van der Waals surface area contributed by atoms with Crippen molar-refractivity contribution in [1.29, 1.82) is 0 Å². The Morgan fingerprint density at radius 2 is 2.00 bits per heavy atom. The van der Waals surface area contributed by atoms with Crippen molar-refractivity contribution >= 4 is 23.5 Å². The Kier molecular flexibility index (Phi) is 3.37. The maximum absolute atomic E-state index is 11.6. The van der Waals surface area contributed by atoms with Crippen molar-refractivity contribution in [3.05, 3.63) is 0 Å². The molecule has 0 bridgehead atoms. The Labute approximate surface area is 88.6 Å². The molecule has 0 aliphatic carbocycles. The Hall–Kier alpha value is -0.770. The summed E-state index contributed by atoms with van der Waals surface area (Å²) in [5.41, 5.74) is -0.752. The fourth-order valence-electron chi connectivity index (χ4n) is 1.39. The number of unbranched alkanes of at least 4 members (excludes halogenated alkanes) is 1. The number of halogens is 1. The second kappa shape index (κ2) is 4.17. The van der Waals surface area contributed by atoms with Gasteiger partial charge in [0.25, 0.3) is 5.91 Å². The van der Waals surface area contributed by atoms with Crippen LogP contribution in [0.3, 0.4) is 0 Å². The third-order valence-electron chi connectivity index (χ3n) is 2.21. The van der Waals surface area contributed by atoms with Gasteiger partial charge in [-0.1, -0.05) is 0 Å². The molecule has 0 aromatic rings. The van der Waals surface area contributed by atoms with Gasteiger partial charge < -0.3 is 5.32 Å². The standard InChI is InChI=1S/C9H15ClN2O2/c1-9(2)7(13)12(8(14)11-9)6-4-3-5-10/h3-6H2,1-2H3,(H,11,14). The molecule has 0 spiro atoms. The SMILES string of the molecule is CC1(C)NC(=O)N(CCCCCl)C1=O. The number of rotatable bonds is 4. The van der Waals surface area contributed by atoms with Crippen molar-refractivity contribution in [2.24, 2.45) is 0 Å². The van der Waals surface area contributed by atoms with Gasteiger partial charge in [-0.2, -0.15) is 0 Å². The van der Waals surface area contributed by atoms with Crippen molar-refractivity contribution in [3.8, 4) is 0 Å². The molecule has 0 radical (unpaired) electrons. The summed E-state index contributed by atoms with van der Waals surface area (Å²) < 4.78 is 0. The molecule has 0 aromatic heterocycles. The van der Waals surface area contributed by atoms with Gasteiger partial charge in [0.2, 0.25) is 0 Å². The van der Waals surface area contributed by atoms with E-state index in [1.165, 1.54) is 4.90 Å². The van der Waals surface area contributed by atoms with Crippen molar-refractivity contribution in [1.82, 2.24) is 10.2 Å². The van der Waals surface area contributed by atoms with Crippen molar-refractivity contribution in [3.63, 3.8) is 0 Å². The summed E-state index contributed by atoms with van der Waals surface area (Å²) >= 11 is 5.51. The van der Waals surface area contributed by atoms with Crippen LogP contribution in [0.5, 0.6) is 0 Å². The maximum atomic E-state index is 11.6. The molecule has 80 valence electrons. The van der Waals surface area contributed by atoms with Gasteiger partial charge in [0, 0.05) is 12.4 Å². The molecule has 1 aliphatic rings. The number of carbonyl (C=O) groups is 2. The first-order valence-electron chi connectivity index (χ1n) is 4.69. The minimum absolute atomic E-state index is 0.155. The molecule has 1 fully saturated rings. The average Bonchev–Trinajstić information content (AvgIpc) is 2.27.